The van der Waals surface area contributed by atoms with E-state index in [1.807, 2.05) is 62.4 Å². The van der Waals surface area contributed by atoms with Gasteiger partial charge in [0, 0.05) is 0 Å². The molecule has 0 fully saturated rings. The number of nitrogens with one attached hydrogen (secondary N) is 1. The first kappa shape index (κ1) is 26.1. The molecule has 186 valence electrons. The van der Waals surface area contributed by atoms with Gasteiger partial charge < -0.3 is 14.8 Å². The molecule has 0 aromatic heterocycles. The van der Waals surface area contributed by atoms with Crippen LogP contribution >= 0.6 is 0 Å². The summed E-state index contributed by atoms with van der Waals surface area (Å²) < 4.78 is 37.6. The third-order valence-corrected chi connectivity index (χ3v) is 6.95. The summed E-state index contributed by atoms with van der Waals surface area (Å²) >= 11 is 0. The van der Waals surface area contributed by atoms with Crippen LogP contribution in [0.15, 0.2) is 72.8 Å². The molecule has 0 bridgehead atoms. The molecule has 8 heteroatoms. The van der Waals surface area contributed by atoms with E-state index in [0.29, 0.717) is 23.6 Å². The highest BCUT2D eigenvalue weighted by Crippen LogP contribution is 2.28. The van der Waals surface area contributed by atoms with E-state index in [-0.39, 0.29) is 11.9 Å². The zero-order chi connectivity index (χ0) is 25.6. The average Bonchev–Trinajstić information content (AvgIpc) is 2.83. The van der Waals surface area contributed by atoms with E-state index < -0.39 is 16.1 Å². The summed E-state index contributed by atoms with van der Waals surface area (Å²) in [6.45, 7) is 5.49. The standard InChI is InChI=1S/C27H32N2O5S/c1-6-25(21-12-17-26(33-4)19(2)18-21)28-27(30)20(3)29(35(5,31)32)22-13-15-24(16-14-22)34-23-10-8-7-9-11-23/h7-18,20,25H,6H2,1-5H3,(H,28,30)/t20-,25+/m1/s1. The minimum atomic E-state index is -3.74. The van der Waals surface area contributed by atoms with Gasteiger partial charge in [0.25, 0.3) is 0 Å². The molecule has 1 N–H and O–H groups in total. The van der Waals surface area contributed by atoms with Crippen molar-refractivity contribution < 1.29 is 22.7 Å². The lowest BCUT2D eigenvalue weighted by atomic mass is 10.0. The predicted molar refractivity (Wildman–Crippen MR) is 139 cm³/mol. The molecule has 0 saturated heterocycles. The molecular weight excluding hydrogens is 464 g/mol. The van der Waals surface area contributed by atoms with E-state index >= 15 is 0 Å². The Balaban J connectivity index is 1.79. The van der Waals surface area contributed by atoms with Gasteiger partial charge in [-0.3, -0.25) is 9.10 Å². The summed E-state index contributed by atoms with van der Waals surface area (Å²) in [6, 6.07) is 20.4. The van der Waals surface area contributed by atoms with Crippen molar-refractivity contribution >= 4 is 21.6 Å². The zero-order valence-electron chi connectivity index (χ0n) is 20.7. The summed E-state index contributed by atoms with van der Waals surface area (Å²) in [6.07, 6.45) is 1.74. The fourth-order valence-electron chi connectivity index (χ4n) is 3.93. The van der Waals surface area contributed by atoms with E-state index in [1.54, 1.807) is 38.3 Å². The SMILES string of the molecule is CC[C@H](NC(=O)[C@@H](C)N(c1ccc(Oc2ccccc2)cc1)S(C)(=O)=O)c1ccc(OC)c(C)c1. The van der Waals surface area contributed by atoms with E-state index in [4.69, 9.17) is 9.47 Å². The van der Waals surface area contributed by atoms with Crippen molar-refractivity contribution in [1.29, 1.82) is 0 Å². The monoisotopic (exact) mass is 496 g/mol. The second kappa shape index (κ2) is 11.3. The molecule has 3 rings (SSSR count). The third kappa shape index (κ3) is 6.54. The molecule has 0 radical (unpaired) electrons. The Kier molecular flexibility index (Phi) is 8.40. The number of ether oxygens (including phenoxy) is 2. The van der Waals surface area contributed by atoms with Crippen LogP contribution in [-0.4, -0.2) is 33.7 Å². The van der Waals surface area contributed by atoms with Crippen LogP contribution in [0.2, 0.25) is 0 Å². The van der Waals surface area contributed by atoms with Gasteiger partial charge in [-0.1, -0.05) is 37.3 Å². The molecule has 0 aliphatic heterocycles. The minimum absolute atomic E-state index is 0.266. The lowest BCUT2D eigenvalue weighted by Crippen LogP contribution is -2.48. The second-order valence-electron chi connectivity index (χ2n) is 8.34. The number of para-hydroxylation sites is 1. The lowest BCUT2D eigenvalue weighted by Gasteiger charge is -2.30. The number of hydrogen-bond acceptors (Lipinski definition) is 5. The first-order chi connectivity index (χ1) is 16.6. The fourth-order valence-corrected chi connectivity index (χ4v) is 5.10. The lowest BCUT2D eigenvalue weighted by molar-refractivity contribution is -0.122. The normalized spacial score (nSPS) is 12.9. The number of rotatable bonds is 10. The molecular formula is C27H32N2O5S. The van der Waals surface area contributed by atoms with Gasteiger partial charge in [0.05, 0.1) is 25.1 Å². The summed E-state index contributed by atoms with van der Waals surface area (Å²) in [5, 5.41) is 3.00. The molecule has 2 atom stereocenters. The Labute approximate surface area is 207 Å². The van der Waals surface area contributed by atoms with Gasteiger partial charge in [0.2, 0.25) is 15.9 Å². The van der Waals surface area contributed by atoms with Gasteiger partial charge in [0.1, 0.15) is 23.3 Å². The van der Waals surface area contributed by atoms with Crippen LogP contribution in [0.25, 0.3) is 0 Å². The number of amides is 1. The van der Waals surface area contributed by atoms with Crippen LogP contribution in [-0.2, 0) is 14.8 Å². The van der Waals surface area contributed by atoms with E-state index in [9.17, 15) is 13.2 Å². The van der Waals surface area contributed by atoms with Crippen LogP contribution in [0.1, 0.15) is 37.4 Å². The highest BCUT2D eigenvalue weighted by atomic mass is 32.2. The number of anilines is 1. The number of nitrogens with zero attached hydrogens (tertiary/aromatic N) is 1. The number of carbonyl (C=O) groups excluding carboxylic acids is 1. The van der Waals surface area contributed by atoms with Crippen LogP contribution in [0.3, 0.4) is 0 Å². The van der Waals surface area contributed by atoms with Crippen molar-refractivity contribution in [1.82, 2.24) is 5.32 Å². The molecule has 35 heavy (non-hydrogen) atoms. The number of aryl methyl sites for hydroxylation is 1. The van der Waals surface area contributed by atoms with Crippen molar-refractivity contribution in [2.24, 2.45) is 0 Å². The molecule has 0 aliphatic carbocycles. The molecule has 3 aromatic carbocycles. The average molecular weight is 497 g/mol. The summed E-state index contributed by atoms with van der Waals surface area (Å²) in [5.41, 5.74) is 2.27. The van der Waals surface area contributed by atoms with E-state index in [2.05, 4.69) is 5.32 Å². The van der Waals surface area contributed by atoms with Gasteiger partial charge in [-0.2, -0.15) is 0 Å². The predicted octanol–water partition coefficient (Wildman–Crippen LogP) is 5.22. The number of carbonyl (C=O) groups is 1. The first-order valence-electron chi connectivity index (χ1n) is 11.4. The maximum absolute atomic E-state index is 13.2. The minimum Gasteiger partial charge on any atom is -0.496 e. The Morgan fingerprint density at radius 1 is 1.00 bits per heavy atom. The molecule has 7 nitrogen and oxygen atoms in total. The highest BCUT2D eigenvalue weighted by molar-refractivity contribution is 7.92. The maximum atomic E-state index is 13.2. The summed E-state index contributed by atoms with van der Waals surface area (Å²) in [4.78, 5) is 13.2. The largest absolute Gasteiger partial charge is 0.496 e. The Hall–Kier alpha value is -3.52. The van der Waals surface area contributed by atoms with Crippen LogP contribution in [0.5, 0.6) is 17.2 Å². The Morgan fingerprint density at radius 3 is 2.17 bits per heavy atom. The van der Waals surface area contributed by atoms with Gasteiger partial charge in [0.15, 0.2) is 0 Å². The highest BCUT2D eigenvalue weighted by Gasteiger charge is 2.30. The van der Waals surface area contributed by atoms with E-state index in [0.717, 1.165) is 27.4 Å². The van der Waals surface area contributed by atoms with Crippen molar-refractivity contribution in [3.05, 3.63) is 83.9 Å². The molecule has 0 heterocycles. The second-order valence-corrected chi connectivity index (χ2v) is 10.2. The van der Waals surface area contributed by atoms with Crippen molar-refractivity contribution in [2.75, 3.05) is 17.7 Å². The number of methoxy groups -OCH3 is 1. The number of sulfonamides is 1. The molecule has 0 spiro atoms. The van der Waals surface area contributed by atoms with Crippen molar-refractivity contribution in [3.63, 3.8) is 0 Å². The molecule has 0 saturated carbocycles. The topological polar surface area (TPSA) is 84.9 Å². The van der Waals surface area contributed by atoms with E-state index in [1.165, 1.54) is 0 Å². The van der Waals surface area contributed by atoms with Crippen LogP contribution in [0.4, 0.5) is 5.69 Å². The fraction of sp³-hybridized carbons (Fsp3) is 0.296. The van der Waals surface area contributed by atoms with Crippen molar-refractivity contribution in [3.8, 4) is 17.2 Å². The summed E-state index contributed by atoms with van der Waals surface area (Å²) in [5.74, 6) is 1.62. The molecule has 0 aliphatic rings. The Bertz CT molecular complexity index is 1240. The molecule has 3 aromatic rings. The molecule has 1 amide bonds. The van der Waals surface area contributed by atoms with Crippen LogP contribution < -0.4 is 19.1 Å². The van der Waals surface area contributed by atoms with Crippen molar-refractivity contribution in [2.45, 2.75) is 39.3 Å². The summed E-state index contributed by atoms with van der Waals surface area (Å²) in [7, 11) is -2.13. The maximum Gasteiger partial charge on any atom is 0.244 e. The van der Waals surface area contributed by atoms with Gasteiger partial charge >= 0.3 is 0 Å². The zero-order valence-corrected chi connectivity index (χ0v) is 21.5. The smallest absolute Gasteiger partial charge is 0.244 e. The first-order valence-corrected chi connectivity index (χ1v) is 13.3. The number of hydrogen-bond donors (Lipinski definition) is 1. The van der Waals surface area contributed by atoms with Gasteiger partial charge in [-0.25, -0.2) is 8.42 Å². The Morgan fingerprint density at radius 2 is 1.63 bits per heavy atom. The van der Waals surface area contributed by atoms with Crippen LogP contribution in [0, 0.1) is 6.92 Å². The quantitative estimate of drug-likeness (QED) is 0.416. The molecule has 0 unspecified atom stereocenters. The third-order valence-electron chi connectivity index (χ3n) is 5.70. The van der Waals surface area contributed by atoms with Gasteiger partial charge in [-0.15, -0.1) is 0 Å². The van der Waals surface area contributed by atoms with Gasteiger partial charge in [-0.05, 0) is 73.9 Å². The number of benzene rings is 3.